The van der Waals surface area contributed by atoms with Crippen LogP contribution in [0.15, 0.2) is 72.8 Å². The highest BCUT2D eigenvalue weighted by atomic mass is 35.5. The van der Waals surface area contributed by atoms with Crippen LogP contribution >= 0.6 is 11.6 Å². The average Bonchev–Trinajstić information content (AvgIpc) is 2.73. The number of carbonyl (C=O) groups excluding carboxylic acids is 1. The molecule has 6 heteroatoms. The molecule has 3 rings (SSSR count). The van der Waals surface area contributed by atoms with E-state index in [1.807, 2.05) is 6.07 Å². The van der Waals surface area contributed by atoms with Gasteiger partial charge >= 0.3 is 5.97 Å². The second-order valence-electron chi connectivity index (χ2n) is 5.91. The lowest BCUT2D eigenvalue weighted by Crippen LogP contribution is -2.17. The zero-order valence-corrected chi connectivity index (χ0v) is 15.9. The van der Waals surface area contributed by atoms with E-state index in [1.165, 1.54) is 6.07 Å². The van der Waals surface area contributed by atoms with Gasteiger partial charge in [0.25, 0.3) is 0 Å². The molecule has 0 saturated heterocycles. The molecule has 0 heterocycles. The second kappa shape index (κ2) is 9.54. The van der Waals surface area contributed by atoms with E-state index in [0.717, 1.165) is 0 Å². The molecule has 0 unspecified atom stereocenters. The largest absolute Gasteiger partial charge is 0.480 e. The number of hydrogen-bond acceptors (Lipinski definition) is 4. The van der Waals surface area contributed by atoms with Gasteiger partial charge in [-0.25, -0.2) is 9.18 Å². The van der Waals surface area contributed by atoms with Gasteiger partial charge in [0.15, 0.2) is 6.61 Å². The van der Waals surface area contributed by atoms with Crippen LogP contribution in [0.25, 0.3) is 11.6 Å². The van der Waals surface area contributed by atoms with E-state index in [2.05, 4.69) is 0 Å². The van der Waals surface area contributed by atoms with Gasteiger partial charge in [-0.15, -0.1) is 0 Å². The third-order valence-electron chi connectivity index (χ3n) is 3.89. The van der Waals surface area contributed by atoms with Crippen LogP contribution in [-0.4, -0.2) is 12.6 Å². The molecule has 0 aromatic heterocycles. The van der Waals surface area contributed by atoms with E-state index in [0.29, 0.717) is 22.1 Å². The highest BCUT2D eigenvalue weighted by Crippen LogP contribution is 2.24. The number of carbonyl (C=O) groups is 1. The van der Waals surface area contributed by atoms with Crippen molar-refractivity contribution in [2.75, 3.05) is 6.61 Å². The van der Waals surface area contributed by atoms with Crippen molar-refractivity contribution >= 4 is 29.2 Å². The molecular weight excluding hydrogens is 393 g/mol. The van der Waals surface area contributed by atoms with Crippen LogP contribution < -0.4 is 9.47 Å². The van der Waals surface area contributed by atoms with Gasteiger partial charge in [-0.3, -0.25) is 0 Å². The number of esters is 1. The Morgan fingerprint density at radius 1 is 1.03 bits per heavy atom. The molecule has 0 aliphatic carbocycles. The zero-order valence-electron chi connectivity index (χ0n) is 15.1. The fraction of sp³-hybridized carbons (Fsp3) is 0.0435. The Balaban J connectivity index is 1.64. The van der Waals surface area contributed by atoms with Crippen LogP contribution in [0, 0.1) is 17.1 Å². The summed E-state index contributed by atoms with van der Waals surface area (Å²) in [5.74, 6) is -0.343. The van der Waals surface area contributed by atoms with Crippen LogP contribution in [0.3, 0.4) is 0 Å². The maximum atomic E-state index is 13.9. The Labute approximate surface area is 172 Å². The maximum absolute atomic E-state index is 13.9. The predicted octanol–water partition coefficient (Wildman–Crippen LogP) is 5.53. The van der Waals surface area contributed by atoms with Gasteiger partial charge in [0.1, 0.15) is 17.3 Å². The first kappa shape index (κ1) is 20.1. The highest BCUT2D eigenvalue weighted by molar-refractivity contribution is 6.32. The number of nitriles is 1. The lowest BCUT2D eigenvalue weighted by Gasteiger charge is -2.08. The lowest BCUT2D eigenvalue weighted by atomic mass is 10.0. The van der Waals surface area contributed by atoms with Crippen LogP contribution in [0.5, 0.6) is 11.5 Å². The van der Waals surface area contributed by atoms with Crippen LogP contribution in [0.2, 0.25) is 5.02 Å². The summed E-state index contributed by atoms with van der Waals surface area (Å²) >= 11 is 5.96. The summed E-state index contributed by atoms with van der Waals surface area (Å²) in [6.45, 7) is -0.294. The van der Waals surface area contributed by atoms with Crippen molar-refractivity contribution in [2.45, 2.75) is 0 Å². The van der Waals surface area contributed by atoms with E-state index >= 15 is 0 Å². The van der Waals surface area contributed by atoms with Crippen molar-refractivity contribution in [3.63, 3.8) is 0 Å². The van der Waals surface area contributed by atoms with Crippen molar-refractivity contribution < 1.29 is 18.7 Å². The monoisotopic (exact) mass is 407 g/mol. The van der Waals surface area contributed by atoms with Gasteiger partial charge in [0.05, 0.1) is 16.7 Å². The molecule has 3 aromatic carbocycles. The van der Waals surface area contributed by atoms with E-state index < -0.39 is 11.8 Å². The van der Waals surface area contributed by atoms with Crippen molar-refractivity contribution in [1.29, 1.82) is 5.26 Å². The minimum Gasteiger partial charge on any atom is -0.480 e. The molecule has 4 nitrogen and oxygen atoms in total. The smallest absolute Gasteiger partial charge is 0.349 e. The Bertz CT molecular complexity index is 1090. The van der Waals surface area contributed by atoms with Gasteiger partial charge < -0.3 is 9.47 Å². The molecule has 0 fully saturated rings. The average molecular weight is 408 g/mol. The third-order valence-corrected chi connectivity index (χ3v) is 4.20. The zero-order chi connectivity index (χ0) is 20.6. The number of ether oxygens (including phenoxy) is 2. The summed E-state index contributed by atoms with van der Waals surface area (Å²) < 4.78 is 24.4. The van der Waals surface area contributed by atoms with Gasteiger partial charge in [-0.05, 0) is 42.0 Å². The summed E-state index contributed by atoms with van der Waals surface area (Å²) in [7, 11) is 0. The SMILES string of the molecule is N#C/C(=C/c1ccc(OC(=O)COc2ccccc2Cl)cc1)c1ccccc1F. The fourth-order valence-electron chi connectivity index (χ4n) is 2.51. The summed E-state index contributed by atoms with van der Waals surface area (Å²) in [6.07, 6.45) is 1.56. The molecule has 0 atom stereocenters. The number of benzene rings is 3. The van der Waals surface area contributed by atoms with Crippen molar-refractivity contribution in [3.8, 4) is 17.6 Å². The molecule has 0 amide bonds. The lowest BCUT2D eigenvalue weighted by molar-refractivity contribution is -0.136. The first-order valence-corrected chi connectivity index (χ1v) is 8.99. The number of rotatable bonds is 6. The minimum atomic E-state index is -0.586. The van der Waals surface area contributed by atoms with E-state index in [-0.39, 0.29) is 17.7 Å². The van der Waals surface area contributed by atoms with E-state index in [1.54, 1.807) is 72.8 Å². The number of para-hydroxylation sites is 1. The topological polar surface area (TPSA) is 59.3 Å². The number of hydrogen-bond donors (Lipinski definition) is 0. The van der Waals surface area contributed by atoms with Crippen LogP contribution in [0.1, 0.15) is 11.1 Å². The third kappa shape index (κ3) is 5.44. The summed E-state index contributed by atoms with van der Waals surface area (Å²) in [5, 5.41) is 9.74. The Morgan fingerprint density at radius 2 is 1.72 bits per heavy atom. The van der Waals surface area contributed by atoms with Crippen molar-refractivity contribution in [1.82, 2.24) is 0 Å². The first-order valence-electron chi connectivity index (χ1n) is 8.61. The van der Waals surface area contributed by atoms with Crippen molar-refractivity contribution in [3.05, 3.63) is 94.8 Å². The highest BCUT2D eigenvalue weighted by Gasteiger charge is 2.09. The molecule has 0 aliphatic rings. The molecule has 0 N–H and O–H groups in total. The predicted molar refractivity (Wildman–Crippen MR) is 109 cm³/mol. The first-order chi connectivity index (χ1) is 14.1. The molecule has 0 radical (unpaired) electrons. The summed E-state index contributed by atoms with van der Waals surface area (Å²) in [4.78, 5) is 11.9. The fourth-order valence-corrected chi connectivity index (χ4v) is 2.70. The maximum Gasteiger partial charge on any atom is 0.349 e. The van der Waals surface area contributed by atoms with Crippen LogP contribution in [-0.2, 0) is 4.79 Å². The molecular formula is C23H15ClFNO3. The Kier molecular flexibility index (Phi) is 6.62. The molecule has 0 aliphatic heterocycles. The van der Waals surface area contributed by atoms with Gasteiger partial charge in [0, 0.05) is 5.56 Å². The number of halogens is 2. The van der Waals surface area contributed by atoms with Gasteiger partial charge in [0.2, 0.25) is 0 Å². The quantitative estimate of drug-likeness (QED) is 0.233. The molecule has 0 bridgehead atoms. The normalized spacial score (nSPS) is 10.9. The molecule has 144 valence electrons. The van der Waals surface area contributed by atoms with Gasteiger partial charge in [-0.1, -0.05) is 54.1 Å². The second-order valence-corrected chi connectivity index (χ2v) is 6.32. The van der Waals surface area contributed by atoms with E-state index in [9.17, 15) is 14.4 Å². The minimum absolute atomic E-state index is 0.195. The number of nitrogens with zero attached hydrogens (tertiary/aromatic N) is 1. The summed E-state index contributed by atoms with van der Waals surface area (Å²) in [5.41, 5.74) is 1.08. The van der Waals surface area contributed by atoms with E-state index in [4.69, 9.17) is 21.1 Å². The Morgan fingerprint density at radius 3 is 2.41 bits per heavy atom. The van der Waals surface area contributed by atoms with Crippen molar-refractivity contribution in [2.24, 2.45) is 0 Å². The Hall–Kier alpha value is -3.62. The molecule has 0 saturated carbocycles. The molecule has 3 aromatic rings. The summed E-state index contributed by atoms with van der Waals surface area (Å²) in [6, 6.07) is 21.4. The van der Waals surface area contributed by atoms with Crippen LogP contribution in [0.4, 0.5) is 4.39 Å². The van der Waals surface area contributed by atoms with Gasteiger partial charge in [-0.2, -0.15) is 5.26 Å². The molecule has 0 spiro atoms. The number of allylic oxidation sites excluding steroid dienone is 1. The standard InChI is InChI=1S/C23H15ClFNO3/c24-20-6-2-4-8-22(20)28-15-23(27)29-18-11-9-16(10-12-18)13-17(14-26)19-5-1-3-7-21(19)25/h1-13H,15H2/b17-13-. The molecule has 29 heavy (non-hydrogen) atoms.